The Labute approximate surface area is 139 Å². The van der Waals surface area contributed by atoms with Crippen LogP contribution in [0, 0.1) is 21.7 Å². The predicted molar refractivity (Wildman–Crippen MR) is 85.0 cm³/mol. The van der Waals surface area contributed by atoms with Crippen molar-refractivity contribution in [3.05, 3.63) is 69.5 Å². The highest BCUT2D eigenvalue weighted by atomic mass is 19.2. The number of amides is 1. The molecular formula is C16H12F2N4O3. The molecule has 0 radical (unpaired) electrons. The third-order valence-electron chi connectivity index (χ3n) is 3.65. The molecule has 0 aliphatic rings. The van der Waals surface area contributed by atoms with Crippen LogP contribution in [0.3, 0.4) is 0 Å². The molecule has 0 saturated carbocycles. The first-order valence-electron chi connectivity index (χ1n) is 7.25. The molecule has 1 aromatic heterocycles. The third-order valence-corrected chi connectivity index (χ3v) is 3.65. The van der Waals surface area contributed by atoms with E-state index < -0.39 is 39.8 Å². The summed E-state index contributed by atoms with van der Waals surface area (Å²) in [5.74, 6) is -3.21. The summed E-state index contributed by atoms with van der Waals surface area (Å²) in [6.45, 7) is 1.61. The van der Waals surface area contributed by atoms with E-state index in [-0.39, 0.29) is 0 Å². The van der Waals surface area contributed by atoms with Crippen LogP contribution >= 0.6 is 0 Å². The summed E-state index contributed by atoms with van der Waals surface area (Å²) in [5.41, 5.74) is 0.0786. The summed E-state index contributed by atoms with van der Waals surface area (Å²) in [5, 5.41) is 13.5. The van der Waals surface area contributed by atoms with E-state index in [9.17, 15) is 23.7 Å². The molecule has 2 aromatic carbocycles. The van der Waals surface area contributed by atoms with Gasteiger partial charge in [0.1, 0.15) is 11.4 Å². The van der Waals surface area contributed by atoms with E-state index in [0.717, 1.165) is 5.52 Å². The second kappa shape index (κ2) is 6.27. The van der Waals surface area contributed by atoms with Gasteiger partial charge in [0.25, 0.3) is 11.6 Å². The first-order chi connectivity index (χ1) is 11.9. The molecule has 25 heavy (non-hydrogen) atoms. The summed E-state index contributed by atoms with van der Waals surface area (Å²) >= 11 is 0. The lowest BCUT2D eigenvalue weighted by Crippen LogP contribution is -2.28. The van der Waals surface area contributed by atoms with E-state index in [1.807, 2.05) is 6.07 Å². The van der Waals surface area contributed by atoms with Crippen molar-refractivity contribution in [1.82, 2.24) is 15.3 Å². The number of hydrogen-bond donors (Lipinski definition) is 2. The van der Waals surface area contributed by atoms with E-state index in [2.05, 4.69) is 15.3 Å². The van der Waals surface area contributed by atoms with Gasteiger partial charge in [-0.1, -0.05) is 12.1 Å². The molecule has 3 aromatic rings. The number of halogens is 2. The first kappa shape index (κ1) is 16.5. The molecule has 2 N–H and O–H groups in total. The Hall–Kier alpha value is -3.36. The Morgan fingerprint density at radius 1 is 1.28 bits per heavy atom. The van der Waals surface area contributed by atoms with Crippen LogP contribution in [0.1, 0.15) is 29.1 Å². The van der Waals surface area contributed by atoms with Crippen LogP contribution in [-0.2, 0) is 0 Å². The standard InChI is InChI=1S/C16H12F2N4O3/c1-8(15-20-12-4-2-3-5-13(12)21-15)19-16(23)9-6-10(17)11(18)7-14(9)22(24)25/h2-8H,1H3,(H,19,23)(H,20,21)/t8-/m1/s1. The lowest BCUT2D eigenvalue weighted by Gasteiger charge is -2.11. The number of nitro benzene ring substituents is 1. The van der Waals surface area contributed by atoms with Crippen LogP contribution in [0.4, 0.5) is 14.5 Å². The van der Waals surface area contributed by atoms with Crippen molar-refractivity contribution in [1.29, 1.82) is 0 Å². The molecule has 0 unspecified atom stereocenters. The third kappa shape index (κ3) is 3.16. The summed E-state index contributed by atoms with van der Waals surface area (Å²) in [6.07, 6.45) is 0. The van der Waals surface area contributed by atoms with Crippen LogP contribution < -0.4 is 5.32 Å². The Kier molecular flexibility index (Phi) is 4.14. The number of H-pyrrole nitrogens is 1. The molecule has 0 fully saturated rings. The van der Waals surface area contributed by atoms with Gasteiger partial charge in [-0.2, -0.15) is 0 Å². The molecule has 1 heterocycles. The molecule has 0 aliphatic heterocycles. The van der Waals surface area contributed by atoms with Crippen molar-refractivity contribution in [3.63, 3.8) is 0 Å². The molecule has 7 nitrogen and oxygen atoms in total. The predicted octanol–water partition coefficient (Wildman–Crippen LogP) is 3.24. The molecular weight excluding hydrogens is 334 g/mol. The SMILES string of the molecule is C[C@@H](NC(=O)c1cc(F)c(F)cc1[N+](=O)[O-])c1nc2ccccc2[nH]1. The minimum absolute atomic E-state index is 0.385. The molecule has 0 bridgehead atoms. The van der Waals surface area contributed by atoms with Crippen molar-refractivity contribution < 1.29 is 18.5 Å². The highest BCUT2D eigenvalue weighted by Gasteiger charge is 2.25. The highest BCUT2D eigenvalue weighted by molar-refractivity contribution is 5.98. The van der Waals surface area contributed by atoms with E-state index in [4.69, 9.17) is 0 Å². The number of imidazole rings is 1. The number of para-hydroxylation sites is 2. The van der Waals surface area contributed by atoms with Gasteiger partial charge in [-0.05, 0) is 25.1 Å². The van der Waals surface area contributed by atoms with Crippen molar-refractivity contribution in [2.24, 2.45) is 0 Å². The number of nitro groups is 1. The second-order valence-corrected chi connectivity index (χ2v) is 5.37. The monoisotopic (exact) mass is 346 g/mol. The summed E-state index contributed by atoms with van der Waals surface area (Å²) in [6, 6.07) is 7.47. The average Bonchev–Trinajstić information content (AvgIpc) is 3.00. The Morgan fingerprint density at radius 3 is 2.64 bits per heavy atom. The second-order valence-electron chi connectivity index (χ2n) is 5.37. The van der Waals surface area contributed by atoms with Crippen molar-refractivity contribution in [2.45, 2.75) is 13.0 Å². The Bertz CT molecular complexity index is 954. The van der Waals surface area contributed by atoms with Crippen LogP contribution in [0.5, 0.6) is 0 Å². The quantitative estimate of drug-likeness (QED) is 0.559. The number of nitrogens with one attached hydrogen (secondary N) is 2. The van der Waals surface area contributed by atoms with E-state index in [0.29, 0.717) is 23.5 Å². The molecule has 0 saturated heterocycles. The number of hydrogen-bond acceptors (Lipinski definition) is 4. The number of fused-ring (bicyclic) bond motifs is 1. The lowest BCUT2D eigenvalue weighted by molar-refractivity contribution is -0.385. The largest absolute Gasteiger partial charge is 0.342 e. The normalized spacial score (nSPS) is 12.1. The molecule has 9 heteroatoms. The molecule has 1 atom stereocenters. The first-order valence-corrected chi connectivity index (χ1v) is 7.25. The number of nitrogens with zero attached hydrogens (tertiary/aromatic N) is 2. The number of aromatic amines is 1. The minimum Gasteiger partial charge on any atom is -0.342 e. The number of benzene rings is 2. The molecule has 0 aliphatic carbocycles. The zero-order valence-corrected chi connectivity index (χ0v) is 12.9. The maximum atomic E-state index is 13.4. The van der Waals surface area contributed by atoms with Crippen LogP contribution in [0.2, 0.25) is 0 Å². The summed E-state index contributed by atoms with van der Waals surface area (Å²) < 4.78 is 26.6. The van der Waals surface area contributed by atoms with Crippen LogP contribution in [0.15, 0.2) is 36.4 Å². The fourth-order valence-electron chi connectivity index (χ4n) is 2.39. The zero-order chi connectivity index (χ0) is 18.1. The molecule has 0 spiro atoms. The van der Waals surface area contributed by atoms with E-state index in [1.165, 1.54) is 0 Å². The maximum Gasteiger partial charge on any atom is 0.285 e. The van der Waals surface area contributed by atoms with Gasteiger partial charge in [-0.25, -0.2) is 13.8 Å². The highest BCUT2D eigenvalue weighted by Crippen LogP contribution is 2.23. The van der Waals surface area contributed by atoms with E-state index in [1.54, 1.807) is 25.1 Å². The van der Waals surface area contributed by atoms with Gasteiger partial charge in [0.15, 0.2) is 11.6 Å². The zero-order valence-electron chi connectivity index (χ0n) is 12.9. The molecule has 1 amide bonds. The van der Waals surface area contributed by atoms with Crippen LogP contribution in [-0.4, -0.2) is 20.8 Å². The fraction of sp³-hybridized carbons (Fsp3) is 0.125. The van der Waals surface area contributed by atoms with Gasteiger partial charge in [0, 0.05) is 0 Å². The van der Waals surface area contributed by atoms with Crippen LogP contribution in [0.25, 0.3) is 11.0 Å². The van der Waals surface area contributed by atoms with Gasteiger partial charge in [-0.15, -0.1) is 0 Å². The minimum atomic E-state index is -1.39. The van der Waals surface area contributed by atoms with Crippen molar-refractivity contribution in [3.8, 4) is 0 Å². The van der Waals surface area contributed by atoms with Crippen molar-refractivity contribution in [2.75, 3.05) is 0 Å². The van der Waals surface area contributed by atoms with E-state index >= 15 is 0 Å². The summed E-state index contributed by atoms with van der Waals surface area (Å²) in [4.78, 5) is 29.7. The smallest absolute Gasteiger partial charge is 0.285 e. The molecule has 3 rings (SSSR count). The topological polar surface area (TPSA) is 101 Å². The van der Waals surface area contributed by atoms with Gasteiger partial charge in [0.05, 0.1) is 28.1 Å². The Morgan fingerprint density at radius 2 is 1.96 bits per heavy atom. The lowest BCUT2D eigenvalue weighted by atomic mass is 10.1. The summed E-state index contributed by atoms with van der Waals surface area (Å²) in [7, 11) is 0. The fourth-order valence-corrected chi connectivity index (χ4v) is 2.39. The molecule has 128 valence electrons. The van der Waals surface area contributed by atoms with Crippen molar-refractivity contribution >= 4 is 22.6 Å². The number of carbonyl (C=O) groups excluding carboxylic acids is 1. The number of rotatable bonds is 4. The van der Waals surface area contributed by atoms with Gasteiger partial charge < -0.3 is 10.3 Å². The average molecular weight is 346 g/mol. The van der Waals surface area contributed by atoms with Gasteiger partial charge in [0.2, 0.25) is 0 Å². The van der Waals surface area contributed by atoms with Gasteiger partial charge in [-0.3, -0.25) is 14.9 Å². The maximum absolute atomic E-state index is 13.4. The number of carbonyl (C=O) groups is 1. The van der Waals surface area contributed by atoms with Gasteiger partial charge >= 0.3 is 0 Å². The Balaban J connectivity index is 1.89. The number of aromatic nitrogens is 2.